The van der Waals surface area contributed by atoms with Gasteiger partial charge in [0.2, 0.25) is 0 Å². The highest BCUT2D eigenvalue weighted by Crippen LogP contribution is 2.65. The largest absolute Gasteiger partial charge is 0.390 e. The summed E-state index contributed by atoms with van der Waals surface area (Å²) in [6.45, 7) is 12.2. The summed E-state index contributed by atoms with van der Waals surface area (Å²) < 4.78 is 0. The highest BCUT2D eigenvalue weighted by atomic mass is 16.3. The lowest BCUT2D eigenvalue weighted by Crippen LogP contribution is -2.54. The van der Waals surface area contributed by atoms with Crippen LogP contribution in [0.2, 0.25) is 0 Å². The third kappa shape index (κ3) is 4.08. The van der Waals surface area contributed by atoms with Gasteiger partial charge in [-0.05, 0) is 117 Å². The minimum absolute atomic E-state index is 0.349. The van der Waals surface area contributed by atoms with E-state index in [9.17, 15) is 5.11 Å². The van der Waals surface area contributed by atoms with Gasteiger partial charge < -0.3 is 5.11 Å². The van der Waals surface area contributed by atoms with Gasteiger partial charge in [0.25, 0.3) is 0 Å². The molecule has 7 unspecified atom stereocenters. The van der Waals surface area contributed by atoms with Crippen molar-refractivity contribution in [2.45, 2.75) is 124 Å². The van der Waals surface area contributed by atoms with Crippen molar-refractivity contribution in [3.05, 3.63) is 0 Å². The van der Waals surface area contributed by atoms with Crippen molar-refractivity contribution in [2.75, 3.05) is 0 Å². The summed E-state index contributed by atoms with van der Waals surface area (Å²) in [6, 6.07) is 0. The Balaban J connectivity index is 1.41. The molecule has 4 saturated carbocycles. The van der Waals surface area contributed by atoms with Crippen molar-refractivity contribution in [2.24, 2.45) is 52.8 Å². The molecule has 9 atom stereocenters. The summed E-state index contributed by atoms with van der Waals surface area (Å²) in [5.74, 6) is 7.67. The lowest BCUT2D eigenvalue weighted by atomic mass is 9.45. The van der Waals surface area contributed by atoms with Gasteiger partial charge in [-0.3, -0.25) is 0 Å². The van der Waals surface area contributed by atoms with E-state index in [1.165, 1.54) is 64.2 Å². The Kier molecular flexibility index (Phi) is 6.48. The molecule has 0 bridgehead atoms. The zero-order valence-electron chi connectivity index (χ0n) is 20.3. The summed E-state index contributed by atoms with van der Waals surface area (Å²) >= 11 is 0. The van der Waals surface area contributed by atoms with Crippen LogP contribution in [0, 0.1) is 52.8 Å². The highest BCUT2D eigenvalue weighted by molar-refractivity contribution is 5.07. The van der Waals surface area contributed by atoms with E-state index in [1.807, 2.05) is 0 Å². The molecule has 0 radical (unpaired) electrons. The molecule has 1 N–H and O–H groups in total. The Morgan fingerprint density at radius 1 is 0.862 bits per heavy atom. The second kappa shape index (κ2) is 8.48. The maximum atomic E-state index is 11.0. The van der Waals surface area contributed by atoms with E-state index in [1.54, 1.807) is 0 Å². The van der Waals surface area contributed by atoms with Gasteiger partial charge in [-0.15, -0.1) is 0 Å². The summed E-state index contributed by atoms with van der Waals surface area (Å²) in [4.78, 5) is 0. The van der Waals surface area contributed by atoms with Crippen LogP contribution in [0.1, 0.15) is 118 Å². The molecule has 4 rings (SSSR count). The first kappa shape index (κ1) is 22.2. The highest BCUT2D eigenvalue weighted by Gasteiger charge is 2.58. The lowest BCUT2D eigenvalue weighted by molar-refractivity contribution is -0.140. The molecule has 0 aromatic carbocycles. The van der Waals surface area contributed by atoms with Gasteiger partial charge in [0.15, 0.2) is 0 Å². The number of hydrogen-bond donors (Lipinski definition) is 1. The number of rotatable bonds is 6. The topological polar surface area (TPSA) is 20.2 Å². The van der Waals surface area contributed by atoms with Gasteiger partial charge in [-0.1, -0.05) is 53.9 Å². The van der Waals surface area contributed by atoms with Gasteiger partial charge in [-0.2, -0.15) is 0 Å². The second-order valence-corrected chi connectivity index (χ2v) is 12.8. The molecule has 0 amide bonds. The zero-order chi connectivity index (χ0) is 20.8. The maximum Gasteiger partial charge on any atom is 0.0648 e. The molecule has 1 nitrogen and oxygen atoms in total. The van der Waals surface area contributed by atoms with Crippen molar-refractivity contribution in [1.29, 1.82) is 0 Å². The van der Waals surface area contributed by atoms with E-state index in [0.29, 0.717) is 5.41 Å². The molecule has 1 heteroatoms. The minimum Gasteiger partial charge on any atom is -0.390 e. The lowest BCUT2D eigenvalue weighted by Gasteiger charge is -2.60. The van der Waals surface area contributed by atoms with Crippen LogP contribution in [0.4, 0.5) is 0 Å². The molecule has 29 heavy (non-hydrogen) atoms. The van der Waals surface area contributed by atoms with Gasteiger partial charge in [-0.25, -0.2) is 0 Å². The summed E-state index contributed by atoms with van der Waals surface area (Å²) in [7, 11) is 0. The molecule has 0 heterocycles. The Labute approximate surface area is 181 Å². The standard InChI is InChI=1S/C28H50O/c1-6-28(29)17-16-27(5)21(18-28)10-11-25-24-13-12-22(23(24)14-15-26(25)27)20(4)9-7-8-19(2)3/h19-26,29H,6-18H2,1-5H3/t20-,21?,22?,23?,24?,25?,26?,27?,28+/m1/s1. The molecule has 4 aliphatic rings. The van der Waals surface area contributed by atoms with Crippen molar-refractivity contribution in [3.63, 3.8) is 0 Å². The summed E-state index contributed by atoms with van der Waals surface area (Å²) in [5.41, 5.74) is 0.175. The van der Waals surface area contributed by atoms with Crippen molar-refractivity contribution in [3.8, 4) is 0 Å². The third-order valence-corrected chi connectivity index (χ3v) is 11.0. The van der Waals surface area contributed by atoms with Crippen LogP contribution in [-0.4, -0.2) is 10.7 Å². The van der Waals surface area contributed by atoms with Crippen molar-refractivity contribution in [1.82, 2.24) is 0 Å². The van der Waals surface area contributed by atoms with Crippen LogP contribution in [-0.2, 0) is 0 Å². The van der Waals surface area contributed by atoms with Gasteiger partial charge in [0.05, 0.1) is 5.60 Å². The first-order chi connectivity index (χ1) is 13.8. The molecule has 0 aliphatic heterocycles. The molecular weight excluding hydrogens is 352 g/mol. The molecule has 4 aliphatic carbocycles. The van der Waals surface area contributed by atoms with Crippen molar-refractivity contribution < 1.29 is 5.11 Å². The smallest absolute Gasteiger partial charge is 0.0648 e. The third-order valence-electron chi connectivity index (χ3n) is 11.0. The number of aliphatic hydroxyl groups is 1. The fraction of sp³-hybridized carbons (Fsp3) is 1.00. The van der Waals surface area contributed by atoms with E-state index < -0.39 is 0 Å². The van der Waals surface area contributed by atoms with Crippen LogP contribution in [0.15, 0.2) is 0 Å². The average Bonchev–Trinajstić information content (AvgIpc) is 3.13. The van der Waals surface area contributed by atoms with Crippen LogP contribution >= 0.6 is 0 Å². The van der Waals surface area contributed by atoms with Crippen molar-refractivity contribution >= 4 is 0 Å². The van der Waals surface area contributed by atoms with E-state index in [2.05, 4.69) is 34.6 Å². The molecule has 0 saturated heterocycles. The van der Waals surface area contributed by atoms with Crippen LogP contribution < -0.4 is 0 Å². The van der Waals surface area contributed by atoms with Gasteiger partial charge >= 0.3 is 0 Å². The van der Waals surface area contributed by atoms with E-state index in [-0.39, 0.29) is 5.60 Å². The minimum atomic E-state index is -0.349. The van der Waals surface area contributed by atoms with Gasteiger partial charge in [0, 0.05) is 0 Å². The van der Waals surface area contributed by atoms with E-state index in [4.69, 9.17) is 0 Å². The average molecular weight is 403 g/mol. The van der Waals surface area contributed by atoms with E-state index in [0.717, 1.165) is 66.6 Å². The van der Waals surface area contributed by atoms with Crippen LogP contribution in [0.5, 0.6) is 0 Å². The number of hydrogen-bond acceptors (Lipinski definition) is 1. The quantitative estimate of drug-likeness (QED) is 0.479. The fourth-order valence-corrected chi connectivity index (χ4v) is 9.11. The Morgan fingerprint density at radius 2 is 1.59 bits per heavy atom. The number of fused-ring (bicyclic) bond motifs is 5. The normalized spacial score (nSPS) is 48.1. The van der Waals surface area contributed by atoms with E-state index >= 15 is 0 Å². The predicted molar refractivity (Wildman–Crippen MR) is 124 cm³/mol. The molecule has 4 fully saturated rings. The summed E-state index contributed by atoms with van der Waals surface area (Å²) in [5, 5.41) is 11.0. The van der Waals surface area contributed by atoms with Gasteiger partial charge in [0.1, 0.15) is 0 Å². The SMILES string of the molecule is CC[C@]1(O)CCC2(C)C(CCC3C4CCC([C@H](C)CCCC(C)C)C4CCC32)C1. The van der Waals surface area contributed by atoms with Crippen LogP contribution in [0.3, 0.4) is 0 Å². The zero-order valence-corrected chi connectivity index (χ0v) is 20.3. The molecular formula is C28H50O. The molecule has 0 aromatic heterocycles. The first-order valence-electron chi connectivity index (χ1n) is 13.5. The first-order valence-corrected chi connectivity index (χ1v) is 13.5. The maximum absolute atomic E-state index is 11.0. The fourth-order valence-electron chi connectivity index (χ4n) is 9.11. The molecule has 168 valence electrons. The Morgan fingerprint density at radius 3 is 2.31 bits per heavy atom. The Hall–Kier alpha value is -0.0400. The molecule has 0 aromatic rings. The second-order valence-electron chi connectivity index (χ2n) is 12.8. The Bertz CT molecular complexity index is 555. The predicted octanol–water partition coefficient (Wildman–Crippen LogP) is 7.86. The van der Waals surface area contributed by atoms with Crippen LogP contribution in [0.25, 0.3) is 0 Å². The monoisotopic (exact) mass is 402 g/mol. The summed E-state index contributed by atoms with van der Waals surface area (Å²) in [6.07, 6.45) is 17.7. The molecule has 0 spiro atoms.